The molecular formula is C50H31N3. The maximum Gasteiger partial charge on any atom is 0.161 e. The molecule has 0 amide bonds. The Morgan fingerprint density at radius 2 is 0.962 bits per heavy atom. The van der Waals surface area contributed by atoms with Crippen LogP contribution < -0.4 is 0 Å². The number of rotatable bonds is 4. The van der Waals surface area contributed by atoms with Crippen LogP contribution in [0, 0.1) is 0 Å². The van der Waals surface area contributed by atoms with Gasteiger partial charge in [0, 0.05) is 43.9 Å². The van der Waals surface area contributed by atoms with E-state index in [1.54, 1.807) is 0 Å². The minimum atomic E-state index is 0.712. The van der Waals surface area contributed by atoms with Crippen LogP contribution in [-0.4, -0.2) is 14.5 Å². The molecule has 0 spiro atoms. The number of aromatic nitrogens is 3. The van der Waals surface area contributed by atoms with E-state index >= 15 is 0 Å². The third kappa shape index (κ3) is 4.61. The van der Waals surface area contributed by atoms with Crippen molar-refractivity contribution in [3.05, 3.63) is 188 Å². The average molecular weight is 674 g/mol. The predicted octanol–water partition coefficient (Wildman–Crippen LogP) is 13.2. The molecule has 0 radical (unpaired) electrons. The van der Waals surface area contributed by atoms with Crippen molar-refractivity contribution in [1.29, 1.82) is 0 Å². The van der Waals surface area contributed by atoms with Crippen LogP contribution in [0.15, 0.2) is 188 Å². The summed E-state index contributed by atoms with van der Waals surface area (Å²) < 4.78 is 2.44. The lowest BCUT2D eigenvalue weighted by Crippen LogP contribution is -1.98. The van der Waals surface area contributed by atoms with E-state index in [0.717, 1.165) is 39.2 Å². The lowest BCUT2D eigenvalue weighted by Gasteiger charge is -2.16. The maximum atomic E-state index is 5.38. The molecule has 2 aromatic heterocycles. The minimum absolute atomic E-state index is 0.712. The molecule has 0 saturated heterocycles. The molecule has 0 N–H and O–H groups in total. The van der Waals surface area contributed by atoms with Gasteiger partial charge < -0.3 is 4.57 Å². The Morgan fingerprint density at radius 3 is 1.75 bits per heavy atom. The van der Waals surface area contributed by atoms with E-state index in [1.165, 1.54) is 59.5 Å². The summed E-state index contributed by atoms with van der Waals surface area (Å²) in [5, 5.41) is 12.1. The quantitative estimate of drug-likeness (QED) is 0.174. The number of fused-ring (bicyclic) bond motifs is 11. The summed E-state index contributed by atoms with van der Waals surface area (Å²) in [4.78, 5) is 10.7. The topological polar surface area (TPSA) is 30.7 Å². The second-order valence-corrected chi connectivity index (χ2v) is 13.7. The van der Waals surface area contributed by atoms with Gasteiger partial charge in [-0.1, -0.05) is 152 Å². The Bertz CT molecular complexity index is 3210. The highest BCUT2D eigenvalue weighted by molar-refractivity contribution is 6.37. The van der Waals surface area contributed by atoms with Crippen molar-refractivity contribution in [2.45, 2.75) is 0 Å². The van der Waals surface area contributed by atoms with Crippen LogP contribution in [0.25, 0.3) is 104 Å². The largest absolute Gasteiger partial charge is 0.309 e. The van der Waals surface area contributed by atoms with Crippen LogP contribution in [-0.2, 0) is 0 Å². The molecule has 0 atom stereocenters. The second kappa shape index (κ2) is 11.7. The Hall–Kier alpha value is -7.10. The first-order chi connectivity index (χ1) is 26.3. The zero-order chi connectivity index (χ0) is 34.9. The summed E-state index contributed by atoms with van der Waals surface area (Å²) in [6, 6.07) is 67.2. The zero-order valence-electron chi connectivity index (χ0n) is 28.7. The van der Waals surface area contributed by atoms with Crippen LogP contribution in [0.3, 0.4) is 0 Å². The number of hydrogen-bond acceptors (Lipinski definition) is 2. The van der Waals surface area contributed by atoms with Crippen molar-refractivity contribution >= 4 is 64.9 Å². The molecule has 0 aliphatic heterocycles. The normalized spacial score (nSPS) is 11.8. The SMILES string of the molecule is c1ccc(-c2cc(-c3ccc4ccccc4c3)nc(-c3cc4c5ccccc5c5c(c6ccccc6n5-c5ccccc5)c4c4ccccc34)n2)cc1. The van der Waals surface area contributed by atoms with Crippen molar-refractivity contribution in [2.24, 2.45) is 0 Å². The van der Waals surface area contributed by atoms with Crippen molar-refractivity contribution < 1.29 is 0 Å². The van der Waals surface area contributed by atoms with Gasteiger partial charge in [-0.2, -0.15) is 0 Å². The molecule has 246 valence electrons. The number of hydrogen-bond donors (Lipinski definition) is 0. The molecule has 3 nitrogen and oxygen atoms in total. The summed E-state index contributed by atoms with van der Waals surface area (Å²) >= 11 is 0. The molecule has 0 bridgehead atoms. The Balaban J connectivity index is 1.28. The van der Waals surface area contributed by atoms with Crippen LogP contribution in [0.4, 0.5) is 0 Å². The van der Waals surface area contributed by atoms with Gasteiger partial charge in [0.2, 0.25) is 0 Å². The van der Waals surface area contributed by atoms with Gasteiger partial charge in [0.1, 0.15) is 0 Å². The van der Waals surface area contributed by atoms with Gasteiger partial charge in [-0.05, 0) is 68.7 Å². The molecular weight excluding hydrogens is 643 g/mol. The molecule has 2 heterocycles. The standard InChI is InChI=1S/C50H31N3/c1-3-16-33(17-4-1)44-31-45(35-28-27-32-15-7-8-18-34(32)29-35)52-50(51-44)43-30-42-38-22-10-12-24-40(38)49-48(47(42)39-23-11-9-21-37(39)43)41-25-13-14-26-46(41)53(49)36-19-5-2-6-20-36/h1-31H. The van der Waals surface area contributed by atoms with Crippen LogP contribution >= 0.6 is 0 Å². The van der Waals surface area contributed by atoms with Crippen LogP contribution in [0.1, 0.15) is 0 Å². The van der Waals surface area contributed by atoms with E-state index in [-0.39, 0.29) is 0 Å². The highest BCUT2D eigenvalue weighted by Gasteiger charge is 2.22. The molecule has 0 aliphatic rings. The first-order valence-corrected chi connectivity index (χ1v) is 18.1. The summed E-state index contributed by atoms with van der Waals surface area (Å²) in [6.07, 6.45) is 0. The molecule has 11 aromatic rings. The van der Waals surface area contributed by atoms with Gasteiger partial charge in [0.15, 0.2) is 5.82 Å². The molecule has 9 aromatic carbocycles. The number of benzene rings is 9. The smallest absolute Gasteiger partial charge is 0.161 e. The third-order valence-corrected chi connectivity index (χ3v) is 10.7. The minimum Gasteiger partial charge on any atom is -0.309 e. The maximum absolute atomic E-state index is 5.38. The molecule has 11 rings (SSSR count). The number of para-hydroxylation sites is 2. The fourth-order valence-corrected chi connectivity index (χ4v) is 8.38. The fraction of sp³-hybridized carbons (Fsp3) is 0. The first-order valence-electron chi connectivity index (χ1n) is 18.1. The van der Waals surface area contributed by atoms with E-state index in [4.69, 9.17) is 9.97 Å². The fourth-order valence-electron chi connectivity index (χ4n) is 8.38. The summed E-state index contributed by atoms with van der Waals surface area (Å²) in [6.45, 7) is 0. The van der Waals surface area contributed by atoms with Crippen molar-refractivity contribution in [3.8, 4) is 39.6 Å². The van der Waals surface area contributed by atoms with Crippen molar-refractivity contribution in [2.75, 3.05) is 0 Å². The van der Waals surface area contributed by atoms with Crippen LogP contribution in [0.2, 0.25) is 0 Å². The van der Waals surface area contributed by atoms with E-state index in [2.05, 4.69) is 187 Å². The Morgan fingerprint density at radius 1 is 0.358 bits per heavy atom. The van der Waals surface area contributed by atoms with E-state index in [0.29, 0.717) is 5.82 Å². The lowest BCUT2D eigenvalue weighted by atomic mass is 9.90. The summed E-state index contributed by atoms with van der Waals surface area (Å²) in [5.74, 6) is 0.712. The molecule has 0 fully saturated rings. The molecule has 0 unspecified atom stereocenters. The highest BCUT2D eigenvalue weighted by Crippen LogP contribution is 2.46. The van der Waals surface area contributed by atoms with Gasteiger partial charge in [-0.3, -0.25) is 0 Å². The monoisotopic (exact) mass is 673 g/mol. The van der Waals surface area contributed by atoms with Crippen LogP contribution in [0.5, 0.6) is 0 Å². The lowest BCUT2D eigenvalue weighted by molar-refractivity contribution is 1.19. The summed E-state index contributed by atoms with van der Waals surface area (Å²) in [5.41, 5.74) is 8.50. The highest BCUT2D eigenvalue weighted by atomic mass is 15.0. The van der Waals surface area contributed by atoms with Gasteiger partial charge in [-0.15, -0.1) is 0 Å². The summed E-state index contributed by atoms with van der Waals surface area (Å²) in [7, 11) is 0. The molecule has 0 saturated carbocycles. The van der Waals surface area contributed by atoms with Gasteiger partial charge in [0.05, 0.1) is 22.4 Å². The van der Waals surface area contributed by atoms with Gasteiger partial charge in [-0.25, -0.2) is 9.97 Å². The third-order valence-electron chi connectivity index (χ3n) is 10.7. The van der Waals surface area contributed by atoms with Gasteiger partial charge >= 0.3 is 0 Å². The predicted molar refractivity (Wildman–Crippen MR) is 223 cm³/mol. The van der Waals surface area contributed by atoms with E-state index in [1.807, 2.05) is 6.07 Å². The van der Waals surface area contributed by atoms with E-state index < -0.39 is 0 Å². The Kier molecular flexibility index (Phi) is 6.55. The Labute approximate surface area is 306 Å². The van der Waals surface area contributed by atoms with Crippen molar-refractivity contribution in [1.82, 2.24) is 14.5 Å². The van der Waals surface area contributed by atoms with Crippen molar-refractivity contribution in [3.63, 3.8) is 0 Å². The van der Waals surface area contributed by atoms with E-state index in [9.17, 15) is 0 Å². The van der Waals surface area contributed by atoms with Gasteiger partial charge in [0.25, 0.3) is 0 Å². The molecule has 3 heteroatoms. The molecule has 0 aliphatic carbocycles. The zero-order valence-corrected chi connectivity index (χ0v) is 28.7. The first kappa shape index (κ1) is 29.6. The average Bonchev–Trinajstić information content (AvgIpc) is 3.59. The number of nitrogens with zero attached hydrogens (tertiary/aromatic N) is 3. The second-order valence-electron chi connectivity index (χ2n) is 13.7. The molecule has 53 heavy (non-hydrogen) atoms.